The zero-order valence-electron chi connectivity index (χ0n) is 32.9. The second-order valence-corrected chi connectivity index (χ2v) is 15.3. The van der Waals surface area contributed by atoms with Crippen LogP contribution in [0.1, 0.15) is 0 Å². The first-order valence-electron chi connectivity index (χ1n) is 20.5. The summed E-state index contributed by atoms with van der Waals surface area (Å²) in [6.07, 6.45) is 0. The number of rotatable bonds is 8. The van der Waals surface area contributed by atoms with Gasteiger partial charge in [-0.3, -0.25) is 0 Å². The summed E-state index contributed by atoms with van der Waals surface area (Å²) in [7, 11) is 0. The Balaban J connectivity index is 1.02. The molecule has 2 nitrogen and oxygen atoms in total. The van der Waals surface area contributed by atoms with Crippen molar-refractivity contribution < 1.29 is 4.42 Å². The Bertz CT molecular complexity index is 3270. The lowest BCUT2D eigenvalue weighted by atomic mass is 9.95. The summed E-state index contributed by atoms with van der Waals surface area (Å²) in [6, 6.07) is 84.9. The number of fused-ring (bicyclic) bond motifs is 4. The SMILES string of the molecule is c1ccc(-c2ccc(-c3ccccc3)c(N(c3ccc(-c4ccc(-c5cccc6ccccc56)cc4)cc3)c3ccc(-c4cccc5c4oc4ccccc45)cc3)c2)cc1. The summed E-state index contributed by atoms with van der Waals surface area (Å²) >= 11 is 0. The molecule has 0 spiro atoms. The number of furan rings is 1. The van der Waals surface area contributed by atoms with Crippen LogP contribution in [0.5, 0.6) is 0 Å². The molecule has 0 saturated carbocycles. The van der Waals surface area contributed by atoms with E-state index in [0.29, 0.717) is 0 Å². The molecular weight excluding hydrogens is 727 g/mol. The van der Waals surface area contributed by atoms with Crippen molar-refractivity contribution in [2.75, 3.05) is 4.90 Å². The Kier molecular flexibility index (Phi) is 8.87. The minimum absolute atomic E-state index is 0.902. The molecular formula is C58H39NO. The molecule has 0 amide bonds. The monoisotopic (exact) mass is 765 g/mol. The van der Waals surface area contributed by atoms with Crippen LogP contribution < -0.4 is 4.90 Å². The maximum atomic E-state index is 6.46. The van der Waals surface area contributed by atoms with E-state index in [-0.39, 0.29) is 0 Å². The van der Waals surface area contributed by atoms with Crippen molar-refractivity contribution in [3.05, 3.63) is 237 Å². The van der Waals surface area contributed by atoms with E-state index in [1.54, 1.807) is 0 Å². The van der Waals surface area contributed by atoms with Crippen LogP contribution in [0.15, 0.2) is 241 Å². The highest BCUT2D eigenvalue weighted by Gasteiger charge is 2.20. The summed E-state index contributed by atoms with van der Waals surface area (Å²) in [5, 5.41) is 4.78. The third kappa shape index (κ3) is 6.41. The van der Waals surface area contributed by atoms with E-state index in [0.717, 1.165) is 66.8 Å². The molecule has 0 fully saturated rings. The number of benzene rings is 10. The predicted octanol–water partition coefficient (Wildman–Crippen LogP) is 16.5. The first kappa shape index (κ1) is 35.2. The minimum Gasteiger partial charge on any atom is -0.455 e. The Morgan fingerprint density at radius 1 is 0.283 bits per heavy atom. The van der Waals surface area contributed by atoms with E-state index < -0.39 is 0 Å². The van der Waals surface area contributed by atoms with Gasteiger partial charge in [0.15, 0.2) is 0 Å². The van der Waals surface area contributed by atoms with Gasteiger partial charge in [0.2, 0.25) is 0 Å². The first-order chi connectivity index (χ1) is 29.7. The smallest absolute Gasteiger partial charge is 0.143 e. The Hall–Kier alpha value is -7.94. The van der Waals surface area contributed by atoms with Crippen molar-refractivity contribution in [2.24, 2.45) is 0 Å². The molecule has 11 aromatic rings. The molecule has 0 radical (unpaired) electrons. The summed E-state index contributed by atoms with van der Waals surface area (Å²) in [4.78, 5) is 2.40. The van der Waals surface area contributed by atoms with E-state index in [9.17, 15) is 0 Å². The quantitative estimate of drug-likeness (QED) is 0.153. The molecule has 0 atom stereocenters. The molecule has 0 N–H and O–H groups in total. The van der Waals surface area contributed by atoms with Crippen molar-refractivity contribution in [1.82, 2.24) is 0 Å². The Morgan fingerprint density at radius 2 is 0.750 bits per heavy atom. The van der Waals surface area contributed by atoms with Crippen molar-refractivity contribution in [1.29, 1.82) is 0 Å². The van der Waals surface area contributed by atoms with Crippen LogP contribution in [0, 0.1) is 0 Å². The molecule has 2 heteroatoms. The fourth-order valence-corrected chi connectivity index (χ4v) is 8.70. The first-order valence-corrected chi connectivity index (χ1v) is 20.5. The lowest BCUT2D eigenvalue weighted by Crippen LogP contribution is -2.11. The van der Waals surface area contributed by atoms with Gasteiger partial charge >= 0.3 is 0 Å². The standard InChI is InChI=1S/C58H39NO/c1-3-13-40(14-4-1)47-33-38-52(44-15-5-2-6-16-44)56(39-47)59(49-36-31-46(32-37-49)53-22-12-23-55-54-20-9-10-24-57(54)60-58(53)55)48-34-29-42(30-35-48)41-25-27-45(28-26-41)51-21-11-18-43-17-7-8-19-50(43)51/h1-39H. The van der Waals surface area contributed by atoms with Crippen LogP contribution in [0.4, 0.5) is 17.1 Å². The second kappa shape index (κ2) is 15.1. The molecule has 0 unspecified atom stereocenters. The van der Waals surface area contributed by atoms with E-state index in [1.165, 1.54) is 38.6 Å². The van der Waals surface area contributed by atoms with Crippen molar-refractivity contribution in [2.45, 2.75) is 0 Å². The number of hydrogen-bond donors (Lipinski definition) is 0. The third-order valence-electron chi connectivity index (χ3n) is 11.7. The lowest BCUT2D eigenvalue weighted by molar-refractivity contribution is 0.670. The van der Waals surface area contributed by atoms with Gasteiger partial charge in [-0.2, -0.15) is 0 Å². The normalized spacial score (nSPS) is 11.3. The van der Waals surface area contributed by atoms with Crippen molar-refractivity contribution >= 4 is 49.8 Å². The van der Waals surface area contributed by atoms with Crippen LogP contribution in [0.25, 0.3) is 88.3 Å². The Morgan fingerprint density at radius 3 is 1.48 bits per heavy atom. The number of hydrogen-bond acceptors (Lipinski definition) is 2. The van der Waals surface area contributed by atoms with Gasteiger partial charge in [0, 0.05) is 33.3 Å². The average molecular weight is 766 g/mol. The van der Waals surface area contributed by atoms with Gasteiger partial charge < -0.3 is 9.32 Å². The van der Waals surface area contributed by atoms with Crippen molar-refractivity contribution in [3.63, 3.8) is 0 Å². The Labute approximate surface area is 349 Å². The maximum absolute atomic E-state index is 6.46. The van der Waals surface area contributed by atoms with Gasteiger partial charge in [0.05, 0.1) is 5.69 Å². The molecule has 0 saturated heterocycles. The summed E-state index contributed by atoms with van der Waals surface area (Å²) in [5.41, 5.74) is 16.7. The zero-order valence-corrected chi connectivity index (χ0v) is 32.9. The van der Waals surface area contributed by atoms with E-state index in [4.69, 9.17) is 4.42 Å². The lowest BCUT2D eigenvalue weighted by Gasteiger charge is -2.29. The largest absolute Gasteiger partial charge is 0.455 e. The molecule has 282 valence electrons. The molecule has 1 aromatic heterocycles. The predicted molar refractivity (Wildman–Crippen MR) is 253 cm³/mol. The molecule has 0 bridgehead atoms. The maximum Gasteiger partial charge on any atom is 0.143 e. The molecule has 1 heterocycles. The third-order valence-corrected chi connectivity index (χ3v) is 11.7. The van der Waals surface area contributed by atoms with Gasteiger partial charge in [-0.25, -0.2) is 0 Å². The second-order valence-electron chi connectivity index (χ2n) is 15.3. The van der Waals surface area contributed by atoms with Crippen LogP contribution >= 0.6 is 0 Å². The molecule has 0 aliphatic heterocycles. The molecule has 0 aliphatic carbocycles. The van der Waals surface area contributed by atoms with Crippen LogP contribution in [0.3, 0.4) is 0 Å². The van der Waals surface area contributed by atoms with Gasteiger partial charge in [-0.05, 0) is 91.7 Å². The molecule has 11 rings (SSSR count). The van der Waals surface area contributed by atoms with Crippen LogP contribution in [-0.2, 0) is 0 Å². The number of nitrogens with zero attached hydrogens (tertiary/aromatic N) is 1. The van der Waals surface area contributed by atoms with Gasteiger partial charge in [0.1, 0.15) is 11.2 Å². The highest BCUT2D eigenvalue weighted by molar-refractivity contribution is 6.09. The van der Waals surface area contributed by atoms with E-state index in [1.807, 2.05) is 12.1 Å². The zero-order chi connectivity index (χ0) is 39.8. The molecule has 60 heavy (non-hydrogen) atoms. The minimum atomic E-state index is 0.902. The van der Waals surface area contributed by atoms with Gasteiger partial charge in [-0.1, -0.05) is 200 Å². The number of anilines is 3. The highest BCUT2D eigenvalue weighted by Crippen LogP contribution is 2.44. The van der Waals surface area contributed by atoms with Gasteiger partial charge in [0.25, 0.3) is 0 Å². The summed E-state index contributed by atoms with van der Waals surface area (Å²) < 4.78 is 6.46. The summed E-state index contributed by atoms with van der Waals surface area (Å²) in [5.74, 6) is 0. The van der Waals surface area contributed by atoms with Crippen LogP contribution in [0.2, 0.25) is 0 Å². The summed E-state index contributed by atoms with van der Waals surface area (Å²) in [6.45, 7) is 0. The number of para-hydroxylation sites is 2. The van der Waals surface area contributed by atoms with E-state index in [2.05, 4.69) is 229 Å². The fraction of sp³-hybridized carbons (Fsp3) is 0. The van der Waals surface area contributed by atoms with Gasteiger partial charge in [-0.15, -0.1) is 0 Å². The van der Waals surface area contributed by atoms with Crippen LogP contribution in [-0.4, -0.2) is 0 Å². The van der Waals surface area contributed by atoms with E-state index >= 15 is 0 Å². The fourth-order valence-electron chi connectivity index (χ4n) is 8.70. The average Bonchev–Trinajstić information content (AvgIpc) is 3.72. The molecule has 0 aliphatic rings. The topological polar surface area (TPSA) is 16.4 Å². The molecule has 10 aromatic carbocycles. The van der Waals surface area contributed by atoms with Crippen molar-refractivity contribution in [3.8, 4) is 55.6 Å². The highest BCUT2D eigenvalue weighted by atomic mass is 16.3.